The van der Waals surface area contributed by atoms with Gasteiger partial charge in [-0.25, -0.2) is 0 Å². The number of hydrogen-bond acceptors (Lipinski definition) is 3. The van der Waals surface area contributed by atoms with Crippen LogP contribution in [-0.4, -0.2) is 24.5 Å². The third kappa shape index (κ3) is 4.85. The number of amides is 1. The lowest BCUT2D eigenvalue weighted by atomic mass is 10.0. The van der Waals surface area contributed by atoms with Gasteiger partial charge in [0.2, 0.25) is 0 Å². The first-order valence-electron chi connectivity index (χ1n) is 7.15. The lowest BCUT2D eigenvalue weighted by Crippen LogP contribution is -2.30. The lowest BCUT2D eigenvalue weighted by molar-refractivity contribution is -0.132. The predicted octanol–water partition coefficient (Wildman–Crippen LogP) is 4.67. The van der Waals surface area contributed by atoms with Crippen LogP contribution in [0.1, 0.15) is 30.2 Å². The van der Waals surface area contributed by atoms with Crippen molar-refractivity contribution in [1.29, 1.82) is 0 Å². The summed E-state index contributed by atoms with van der Waals surface area (Å²) in [5.74, 6) is 1.16. The Morgan fingerprint density at radius 2 is 2.14 bits per heavy atom. The highest BCUT2D eigenvalue weighted by molar-refractivity contribution is 9.10. The normalized spacial score (nSPS) is 10.8. The number of ether oxygens (including phenoxy) is 1. The molecule has 0 bridgehead atoms. The van der Waals surface area contributed by atoms with E-state index in [1.54, 1.807) is 23.3 Å². The van der Waals surface area contributed by atoms with Crippen molar-refractivity contribution in [3.8, 4) is 5.75 Å². The molecular weight excluding hydrogens is 362 g/mol. The molecule has 1 heterocycles. The van der Waals surface area contributed by atoms with E-state index in [4.69, 9.17) is 4.74 Å². The summed E-state index contributed by atoms with van der Waals surface area (Å²) in [6.45, 7) is 4.93. The molecule has 0 fully saturated rings. The minimum atomic E-state index is -0.0283. The number of likely N-dealkylation sites (N-methyl/N-ethyl adjacent to an activating group) is 1. The van der Waals surface area contributed by atoms with E-state index in [9.17, 15) is 4.79 Å². The van der Waals surface area contributed by atoms with Crippen molar-refractivity contribution in [3.63, 3.8) is 0 Å². The van der Waals surface area contributed by atoms with Crippen molar-refractivity contribution in [2.75, 3.05) is 13.7 Å². The number of hydrogen-bond donors (Lipinski definition) is 0. The molecule has 2 aromatic rings. The third-order valence-corrected chi connectivity index (χ3v) is 5.01. The molecule has 0 spiro atoms. The highest BCUT2D eigenvalue weighted by Crippen LogP contribution is 2.22. The van der Waals surface area contributed by atoms with E-state index in [1.165, 1.54) is 5.56 Å². The Bertz CT molecular complexity index is 639. The zero-order chi connectivity index (χ0) is 16.1. The molecular formula is C17H20BrNO2S. The third-order valence-electron chi connectivity index (χ3n) is 3.33. The van der Waals surface area contributed by atoms with Crippen LogP contribution < -0.4 is 4.74 Å². The number of rotatable bonds is 6. The van der Waals surface area contributed by atoms with Crippen LogP contribution in [-0.2, 0) is 11.3 Å². The van der Waals surface area contributed by atoms with Gasteiger partial charge in [0.1, 0.15) is 5.75 Å². The molecule has 0 aliphatic rings. The highest BCUT2D eigenvalue weighted by Gasteiger charge is 2.11. The Hall–Kier alpha value is -1.33. The van der Waals surface area contributed by atoms with E-state index in [1.807, 2.05) is 29.6 Å². The topological polar surface area (TPSA) is 29.5 Å². The van der Waals surface area contributed by atoms with Crippen LogP contribution in [0.2, 0.25) is 0 Å². The summed E-state index contributed by atoms with van der Waals surface area (Å²) in [6, 6.07) is 9.94. The zero-order valence-electron chi connectivity index (χ0n) is 13.0. The quantitative estimate of drug-likeness (QED) is 0.727. The maximum absolute atomic E-state index is 12.1. The van der Waals surface area contributed by atoms with Crippen molar-refractivity contribution in [3.05, 3.63) is 50.6 Å². The van der Waals surface area contributed by atoms with Crippen LogP contribution in [0.15, 0.2) is 40.2 Å². The number of nitrogens with zero attached hydrogens (tertiary/aromatic N) is 1. The van der Waals surface area contributed by atoms with Crippen molar-refractivity contribution >= 4 is 33.2 Å². The van der Waals surface area contributed by atoms with Gasteiger partial charge < -0.3 is 9.64 Å². The van der Waals surface area contributed by atoms with E-state index in [0.29, 0.717) is 12.5 Å². The monoisotopic (exact) mass is 381 g/mol. The fourth-order valence-corrected chi connectivity index (χ4v) is 3.48. The van der Waals surface area contributed by atoms with Crippen LogP contribution in [0.25, 0.3) is 0 Å². The number of halogens is 1. The van der Waals surface area contributed by atoms with Crippen LogP contribution in [0, 0.1) is 0 Å². The summed E-state index contributed by atoms with van der Waals surface area (Å²) in [6.07, 6.45) is 0. The summed E-state index contributed by atoms with van der Waals surface area (Å²) in [4.78, 5) is 15.0. The molecule has 3 nitrogen and oxygen atoms in total. The summed E-state index contributed by atoms with van der Waals surface area (Å²) in [7, 11) is 1.80. The molecule has 118 valence electrons. The Morgan fingerprint density at radius 1 is 1.36 bits per heavy atom. The van der Waals surface area contributed by atoms with E-state index in [-0.39, 0.29) is 12.5 Å². The van der Waals surface area contributed by atoms with E-state index < -0.39 is 0 Å². The van der Waals surface area contributed by atoms with Crippen molar-refractivity contribution in [2.24, 2.45) is 0 Å². The van der Waals surface area contributed by atoms with Gasteiger partial charge in [0.05, 0.1) is 6.54 Å². The molecule has 22 heavy (non-hydrogen) atoms. The summed E-state index contributed by atoms with van der Waals surface area (Å²) < 4.78 is 6.68. The Kier molecular flexibility index (Phi) is 6.03. The fraction of sp³-hybridized carbons (Fsp3) is 0.353. The molecule has 0 unspecified atom stereocenters. The summed E-state index contributed by atoms with van der Waals surface area (Å²) >= 11 is 5.05. The van der Waals surface area contributed by atoms with E-state index in [0.717, 1.165) is 15.1 Å². The Labute approximate surface area is 144 Å². The molecule has 1 aromatic heterocycles. The van der Waals surface area contributed by atoms with Crippen LogP contribution >= 0.6 is 27.3 Å². The second-order valence-electron chi connectivity index (χ2n) is 5.50. The molecule has 0 aliphatic heterocycles. The van der Waals surface area contributed by atoms with E-state index in [2.05, 4.69) is 35.8 Å². The van der Waals surface area contributed by atoms with Crippen LogP contribution in [0.5, 0.6) is 5.75 Å². The molecule has 2 rings (SSSR count). The van der Waals surface area contributed by atoms with Crippen molar-refractivity contribution < 1.29 is 9.53 Å². The maximum Gasteiger partial charge on any atom is 0.260 e. The number of carbonyl (C=O) groups is 1. The highest BCUT2D eigenvalue weighted by atomic mass is 79.9. The minimum Gasteiger partial charge on any atom is -0.484 e. The molecule has 1 amide bonds. The molecule has 0 N–H and O–H groups in total. The smallest absolute Gasteiger partial charge is 0.260 e. The Balaban J connectivity index is 1.88. The molecule has 0 radical (unpaired) electrons. The average Bonchev–Trinajstić information content (AvgIpc) is 2.90. The molecule has 0 saturated heterocycles. The van der Waals surface area contributed by atoms with Gasteiger partial charge in [0.15, 0.2) is 6.61 Å². The second kappa shape index (κ2) is 7.79. The molecule has 0 saturated carbocycles. The fourth-order valence-electron chi connectivity index (χ4n) is 1.98. The SMILES string of the molecule is CC(C)c1cccc(OCC(=O)N(C)Cc2cc(Br)cs2)c1. The summed E-state index contributed by atoms with van der Waals surface area (Å²) in [5.41, 5.74) is 1.21. The minimum absolute atomic E-state index is 0.0283. The van der Waals surface area contributed by atoms with Crippen molar-refractivity contribution in [2.45, 2.75) is 26.3 Å². The number of thiophene rings is 1. The van der Waals surface area contributed by atoms with Gasteiger partial charge in [0, 0.05) is 21.8 Å². The lowest BCUT2D eigenvalue weighted by Gasteiger charge is -2.17. The van der Waals surface area contributed by atoms with Gasteiger partial charge in [-0.15, -0.1) is 11.3 Å². The predicted molar refractivity (Wildman–Crippen MR) is 94.5 cm³/mol. The van der Waals surface area contributed by atoms with Gasteiger partial charge >= 0.3 is 0 Å². The first-order chi connectivity index (χ1) is 10.5. The average molecular weight is 382 g/mol. The van der Waals surface area contributed by atoms with Gasteiger partial charge in [0.25, 0.3) is 5.91 Å². The largest absolute Gasteiger partial charge is 0.484 e. The number of carbonyl (C=O) groups excluding carboxylic acids is 1. The van der Waals surface area contributed by atoms with Gasteiger partial charge in [-0.2, -0.15) is 0 Å². The first-order valence-corrected chi connectivity index (χ1v) is 8.82. The first kappa shape index (κ1) is 17.0. The number of benzene rings is 1. The zero-order valence-corrected chi connectivity index (χ0v) is 15.4. The van der Waals surface area contributed by atoms with Crippen LogP contribution in [0.4, 0.5) is 0 Å². The van der Waals surface area contributed by atoms with Crippen LogP contribution in [0.3, 0.4) is 0 Å². The summed E-state index contributed by atoms with van der Waals surface area (Å²) in [5, 5.41) is 2.02. The van der Waals surface area contributed by atoms with Crippen molar-refractivity contribution in [1.82, 2.24) is 4.90 Å². The molecule has 1 aromatic carbocycles. The van der Waals surface area contributed by atoms with Gasteiger partial charge in [-0.05, 0) is 45.6 Å². The Morgan fingerprint density at radius 3 is 2.77 bits per heavy atom. The standard InChI is InChI=1S/C17H20BrNO2S/c1-12(2)13-5-4-6-15(7-13)21-10-17(20)19(3)9-16-8-14(18)11-22-16/h4-8,11-12H,9-10H2,1-3H3. The molecule has 0 atom stereocenters. The molecule has 0 aliphatic carbocycles. The van der Waals surface area contributed by atoms with Gasteiger partial charge in [-0.1, -0.05) is 26.0 Å². The van der Waals surface area contributed by atoms with Gasteiger partial charge in [-0.3, -0.25) is 4.79 Å². The van der Waals surface area contributed by atoms with E-state index >= 15 is 0 Å². The second-order valence-corrected chi connectivity index (χ2v) is 7.41. The maximum atomic E-state index is 12.1. The molecule has 5 heteroatoms.